The van der Waals surface area contributed by atoms with Crippen LogP contribution >= 0.6 is 0 Å². The molecule has 0 fully saturated rings. The molecule has 0 spiro atoms. The van der Waals surface area contributed by atoms with Crippen molar-refractivity contribution in [2.45, 2.75) is 25.7 Å². The van der Waals surface area contributed by atoms with Crippen LogP contribution in [0.2, 0.25) is 0 Å². The molecule has 0 amide bonds. The predicted octanol–water partition coefficient (Wildman–Crippen LogP) is 3.13. The van der Waals surface area contributed by atoms with Gasteiger partial charge in [-0.05, 0) is 24.5 Å². The van der Waals surface area contributed by atoms with E-state index in [4.69, 9.17) is 18.9 Å². The smallest absolute Gasteiger partial charge is 0.286 e. The molecule has 116 valence electrons. The van der Waals surface area contributed by atoms with Gasteiger partial charge in [-0.3, -0.25) is 0 Å². The summed E-state index contributed by atoms with van der Waals surface area (Å²) in [5, 5.41) is 0. The van der Waals surface area contributed by atoms with Crippen molar-refractivity contribution in [1.29, 1.82) is 0 Å². The summed E-state index contributed by atoms with van der Waals surface area (Å²) in [6.45, 7) is 2.69. The Kier molecular flexibility index (Phi) is 5.39. The van der Waals surface area contributed by atoms with Gasteiger partial charge in [0.1, 0.15) is 0 Å². The quantitative estimate of drug-likeness (QED) is 0.724. The van der Waals surface area contributed by atoms with Gasteiger partial charge < -0.3 is 18.9 Å². The molecule has 0 aliphatic carbocycles. The number of rotatable bonds is 7. The van der Waals surface area contributed by atoms with E-state index in [0.29, 0.717) is 18.9 Å². The zero-order valence-electron chi connectivity index (χ0n) is 13.2. The van der Waals surface area contributed by atoms with Crippen LogP contribution in [0.25, 0.3) is 0 Å². The third-order valence-electron chi connectivity index (χ3n) is 4.11. The number of allylic oxidation sites excluding steroid dienone is 1. The van der Waals surface area contributed by atoms with Crippen LogP contribution in [0.5, 0.6) is 0 Å². The number of benzene rings is 1. The highest BCUT2D eigenvalue weighted by Crippen LogP contribution is 2.35. The van der Waals surface area contributed by atoms with E-state index in [-0.39, 0.29) is 0 Å². The van der Waals surface area contributed by atoms with Crippen molar-refractivity contribution in [3.05, 3.63) is 47.2 Å². The van der Waals surface area contributed by atoms with Crippen LogP contribution < -0.4 is 0 Å². The summed E-state index contributed by atoms with van der Waals surface area (Å²) in [6.07, 6.45) is 1.49. The molecule has 0 N–H and O–H groups in total. The van der Waals surface area contributed by atoms with Crippen molar-refractivity contribution in [2.24, 2.45) is 5.92 Å². The zero-order valence-corrected chi connectivity index (χ0v) is 13.2. The van der Waals surface area contributed by atoms with Gasteiger partial charge in [-0.15, -0.1) is 0 Å². The molecule has 0 saturated carbocycles. The number of hydrogen-bond donors (Lipinski definition) is 0. The van der Waals surface area contributed by atoms with Gasteiger partial charge in [-0.1, -0.05) is 30.3 Å². The van der Waals surface area contributed by atoms with Crippen LogP contribution in [0.15, 0.2) is 41.7 Å². The molecular formula is C17H24O4. The number of ether oxygens (including phenoxy) is 4. The van der Waals surface area contributed by atoms with Gasteiger partial charge in [0.15, 0.2) is 0 Å². The molecule has 2 rings (SSSR count). The first-order valence-corrected chi connectivity index (χ1v) is 7.16. The molecule has 0 aromatic heterocycles. The SMILES string of the molecule is COC(CC1=C(C)OCC1Cc1ccccc1)(OC)OC. The molecule has 21 heavy (non-hydrogen) atoms. The lowest BCUT2D eigenvalue weighted by Gasteiger charge is -2.30. The molecule has 0 saturated heterocycles. The van der Waals surface area contributed by atoms with E-state index in [0.717, 1.165) is 12.2 Å². The number of methoxy groups -OCH3 is 3. The topological polar surface area (TPSA) is 36.9 Å². The molecule has 1 aromatic carbocycles. The predicted molar refractivity (Wildman–Crippen MR) is 80.7 cm³/mol. The fraction of sp³-hybridized carbons (Fsp3) is 0.529. The van der Waals surface area contributed by atoms with Gasteiger partial charge in [0, 0.05) is 27.2 Å². The van der Waals surface area contributed by atoms with Crippen molar-refractivity contribution in [3.63, 3.8) is 0 Å². The molecule has 4 nitrogen and oxygen atoms in total. The van der Waals surface area contributed by atoms with Gasteiger partial charge in [-0.2, -0.15) is 0 Å². The van der Waals surface area contributed by atoms with Crippen LogP contribution in [0.1, 0.15) is 18.9 Å². The van der Waals surface area contributed by atoms with Gasteiger partial charge in [0.05, 0.1) is 18.8 Å². The van der Waals surface area contributed by atoms with E-state index in [1.54, 1.807) is 21.3 Å². The van der Waals surface area contributed by atoms with E-state index in [2.05, 4.69) is 24.3 Å². The standard InChI is InChI=1S/C17H24O4/c1-13-16(11-17(18-2,19-3)20-4)15(12-21-13)10-14-8-6-5-7-9-14/h5-9,15H,10-12H2,1-4H3. The normalized spacial score (nSPS) is 19.0. The molecule has 1 aliphatic heterocycles. The Bertz CT molecular complexity index is 469. The van der Waals surface area contributed by atoms with Gasteiger partial charge in [0.2, 0.25) is 0 Å². The van der Waals surface area contributed by atoms with Crippen molar-refractivity contribution in [3.8, 4) is 0 Å². The lowest BCUT2D eigenvalue weighted by atomic mass is 9.90. The first-order chi connectivity index (χ1) is 10.1. The Labute approximate surface area is 126 Å². The minimum atomic E-state index is -1.04. The largest absolute Gasteiger partial charge is 0.498 e. The van der Waals surface area contributed by atoms with Crippen molar-refractivity contribution < 1.29 is 18.9 Å². The first-order valence-electron chi connectivity index (χ1n) is 7.16. The average molecular weight is 292 g/mol. The summed E-state index contributed by atoms with van der Waals surface area (Å²) in [4.78, 5) is 0. The summed E-state index contributed by atoms with van der Waals surface area (Å²) in [5.74, 6) is 0.234. The van der Waals surface area contributed by atoms with Crippen LogP contribution in [-0.2, 0) is 25.4 Å². The highest BCUT2D eigenvalue weighted by atomic mass is 16.9. The molecule has 4 heteroatoms. The fourth-order valence-electron chi connectivity index (χ4n) is 2.76. The van der Waals surface area contributed by atoms with Gasteiger partial charge in [-0.25, -0.2) is 0 Å². The van der Waals surface area contributed by atoms with Gasteiger partial charge in [0.25, 0.3) is 5.97 Å². The zero-order chi connectivity index (χ0) is 15.3. The van der Waals surface area contributed by atoms with E-state index < -0.39 is 5.97 Å². The molecule has 1 aromatic rings. The first kappa shape index (κ1) is 16.0. The second-order valence-corrected chi connectivity index (χ2v) is 5.25. The lowest BCUT2D eigenvalue weighted by molar-refractivity contribution is -0.351. The molecule has 1 unspecified atom stereocenters. The van der Waals surface area contributed by atoms with E-state index in [1.807, 2.05) is 13.0 Å². The second-order valence-electron chi connectivity index (χ2n) is 5.25. The summed E-state index contributed by atoms with van der Waals surface area (Å²) < 4.78 is 22.0. The highest BCUT2D eigenvalue weighted by Gasteiger charge is 2.37. The molecule has 0 bridgehead atoms. The minimum Gasteiger partial charge on any atom is -0.498 e. The lowest BCUT2D eigenvalue weighted by Crippen LogP contribution is -2.37. The summed E-state index contributed by atoms with van der Waals surface area (Å²) in [6, 6.07) is 10.4. The fourth-order valence-corrected chi connectivity index (χ4v) is 2.76. The third-order valence-corrected chi connectivity index (χ3v) is 4.11. The monoisotopic (exact) mass is 292 g/mol. The van der Waals surface area contributed by atoms with E-state index in [1.165, 1.54) is 11.1 Å². The third kappa shape index (κ3) is 3.64. The highest BCUT2D eigenvalue weighted by molar-refractivity contribution is 5.23. The summed E-state index contributed by atoms with van der Waals surface area (Å²) in [7, 11) is 4.76. The number of hydrogen-bond acceptors (Lipinski definition) is 4. The maximum absolute atomic E-state index is 5.74. The van der Waals surface area contributed by atoms with Crippen LogP contribution in [-0.4, -0.2) is 33.9 Å². The summed E-state index contributed by atoms with van der Waals surface area (Å²) in [5.41, 5.74) is 2.50. The maximum Gasteiger partial charge on any atom is 0.286 e. The van der Waals surface area contributed by atoms with Gasteiger partial charge >= 0.3 is 0 Å². The second kappa shape index (κ2) is 7.07. The van der Waals surface area contributed by atoms with Crippen LogP contribution in [0.4, 0.5) is 0 Å². The van der Waals surface area contributed by atoms with Crippen LogP contribution in [0.3, 0.4) is 0 Å². The van der Waals surface area contributed by atoms with Crippen LogP contribution in [0, 0.1) is 5.92 Å². The molecule has 1 aliphatic rings. The average Bonchev–Trinajstić information content (AvgIpc) is 2.86. The van der Waals surface area contributed by atoms with Crippen molar-refractivity contribution in [1.82, 2.24) is 0 Å². The molecule has 0 radical (unpaired) electrons. The molecular weight excluding hydrogens is 268 g/mol. The van der Waals surface area contributed by atoms with E-state index >= 15 is 0 Å². The minimum absolute atomic E-state index is 0.326. The Morgan fingerprint density at radius 2 is 1.71 bits per heavy atom. The molecule has 1 heterocycles. The molecule has 1 atom stereocenters. The Balaban J connectivity index is 2.14. The Morgan fingerprint density at radius 1 is 1.10 bits per heavy atom. The van der Waals surface area contributed by atoms with E-state index in [9.17, 15) is 0 Å². The Morgan fingerprint density at radius 3 is 2.29 bits per heavy atom. The van der Waals surface area contributed by atoms with Crippen molar-refractivity contribution in [2.75, 3.05) is 27.9 Å². The van der Waals surface area contributed by atoms with Crippen molar-refractivity contribution >= 4 is 0 Å². The summed E-state index contributed by atoms with van der Waals surface area (Å²) >= 11 is 0. The Hall–Kier alpha value is -1.36. The maximum atomic E-state index is 5.74.